The second-order valence-electron chi connectivity index (χ2n) is 9.11. The summed E-state index contributed by atoms with van der Waals surface area (Å²) in [5.41, 5.74) is 3.07. The molecule has 0 unspecified atom stereocenters. The molecule has 1 aliphatic carbocycles. The van der Waals surface area contributed by atoms with Gasteiger partial charge in [-0.15, -0.1) is 0 Å². The standard InChI is InChI=1S/C27H33N3O2/c1-21(18-22-8-4-2-5-9-22)19-30(27(32)28-25-12-13-25)20-23-14-16-29(17-15-23)26(31)24-10-6-3-7-11-24/h2-11,18,23,25H,12-17,19-20H2,1H3,(H,28,32). The predicted molar refractivity (Wildman–Crippen MR) is 128 cm³/mol. The van der Waals surface area contributed by atoms with E-state index in [0.29, 0.717) is 18.5 Å². The monoisotopic (exact) mass is 431 g/mol. The molecule has 5 heteroatoms. The van der Waals surface area contributed by atoms with Gasteiger partial charge in [-0.25, -0.2) is 4.79 Å². The number of piperidine rings is 1. The summed E-state index contributed by atoms with van der Waals surface area (Å²) in [5, 5.41) is 3.16. The molecule has 1 heterocycles. The maximum absolute atomic E-state index is 12.9. The summed E-state index contributed by atoms with van der Waals surface area (Å²) in [6.45, 7) is 4.93. The van der Waals surface area contributed by atoms with Crippen molar-refractivity contribution in [1.82, 2.24) is 15.1 Å². The van der Waals surface area contributed by atoms with Crippen molar-refractivity contribution in [3.63, 3.8) is 0 Å². The smallest absolute Gasteiger partial charge is 0.317 e. The number of rotatable bonds is 7. The Kier molecular flexibility index (Phi) is 7.25. The minimum Gasteiger partial charge on any atom is -0.339 e. The number of nitrogens with one attached hydrogen (secondary N) is 1. The second kappa shape index (κ2) is 10.5. The fourth-order valence-corrected chi connectivity index (χ4v) is 4.29. The van der Waals surface area contributed by atoms with E-state index in [1.165, 1.54) is 5.57 Å². The van der Waals surface area contributed by atoms with Crippen LogP contribution in [-0.4, -0.2) is 54.0 Å². The number of carbonyl (C=O) groups is 2. The summed E-state index contributed by atoms with van der Waals surface area (Å²) < 4.78 is 0. The van der Waals surface area contributed by atoms with Crippen LogP contribution >= 0.6 is 0 Å². The summed E-state index contributed by atoms with van der Waals surface area (Å²) in [4.78, 5) is 29.6. The third kappa shape index (κ3) is 6.22. The molecule has 1 aliphatic heterocycles. The number of amides is 3. The minimum absolute atomic E-state index is 0.0381. The molecule has 2 aromatic carbocycles. The van der Waals surface area contributed by atoms with E-state index in [4.69, 9.17) is 0 Å². The van der Waals surface area contributed by atoms with Crippen LogP contribution in [0.5, 0.6) is 0 Å². The highest BCUT2D eigenvalue weighted by atomic mass is 16.2. The summed E-state index contributed by atoms with van der Waals surface area (Å²) >= 11 is 0. The maximum Gasteiger partial charge on any atom is 0.317 e. The first-order valence-corrected chi connectivity index (χ1v) is 11.7. The Bertz CT molecular complexity index is 930. The molecule has 0 radical (unpaired) electrons. The van der Waals surface area contributed by atoms with E-state index in [1.54, 1.807) is 0 Å². The summed E-state index contributed by atoms with van der Waals surface area (Å²) in [6.07, 6.45) is 6.16. The number of urea groups is 1. The van der Waals surface area contributed by atoms with E-state index in [1.807, 2.05) is 58.3 Å². The van der Waals surface area contributed by atoms with Gasteiger partial charge < -0.3 is 15.1 Å². The van der Waals surface area contributed by atoms with Gasteiger partial charge in [0.05, 0.1) is 0 Å². The van der Waals surface area contributed by atoms with E-state index < -0.39 is 0 Å². The van der Waals surface area contributed by atoms with Crippen molar-refractivity contribution in [1.29, 1.82) is 0 Å². The number of benzene rings is 2. The molecule has 0 bridgehead atoms. The Morgan fingerprint density at radius 2 is 1.59 bits per heavy atom. The van der Waals surface area contributed by atoms with Gasteiger partial charge in [0.15, 0.2) is 0 Å². The fourth-order valence-electron chi connectivity index (χ4n) is 4.29. The first-order valence-electron chi connectivity index (χ1n) is 11.7. The summed E-state index contributed by atoms with van der Waals surface area (Å²) in [5.74, 6) is 0.512. The normalized spacial score (nSPS) is 17.2. The Morgan fingerprint density at radius 1 is 0.969 bits per heavy atom. The molecule has 168 valence electrons. The highest BCUT2D eigenvalue weighted by Gasteiger charge is 2.29. The lowest BCUT2D eigenvalue weighted by Crippen LogP contribution is -2.46. The van der Waals surface area contributed by atoms with Gasteiger partial charge in [0.25, 0.3) is 5.91 Å². The maximum atomic E-state index is 12.9. The number of carbonyl (C=O) groups excluding carboxylic acids is 2. The number of nitrogens with zero attached hydrogens (tertiary/aromatic N) is 2. The van der Waals surface area contributed by atoms with Crippen LogP contribution in [-0.2, 0) is 0 Å². The van der Waals surface area contributed by atoms with Gasteiger partial charge in [0.2, 0.25) is 0 Å². The van der Waals surface area contributed by atoms with Gasteiger partial charge in [0.1, 0.15) is 0 Å². The van der Waals surface area contributed by atoms with Crippen LogP contribution in [0.15, 0.2) is 66.2 Å². The molecule has 32 heavy (non-hydrogen) atoms. The molecule has 2 aliphatic rings. The molecule has 2 fully saturated rings. The second-order valence-corrected chi connectivity index (χ2v) is 9.11. The van der Waals surface area contributed by atoms with E-state index in [0.717, 1.165) is 56.4 Å². The summed E-state index contributed by atoms with van der Waals surface area (Å²) in [7, 11) is 0. The van der Waals surface area contributed by atoms with Crippen LogP contribution in [0.2, 0.25) is 0 Å². The van der Waals surface area contributed by atoms with Crippen molar-refractivity contribution in [2.24, 2.45) is 5.92 Å². The molecule has 1 N–H and O–H groups in total. The van der Waals surface area contributed by atoms with E-state index in [2.05, 4.69) is 30.4 Å². The number of hydrogen-bond acceptors (Lipinski definition) is 2. The molecule has 1 saturated carbocycles. The van der Waals surface area contributed by atoms with Crippen LogP contribution < -0.4 is 5.32 Å². The van der Waals surface area contributed by atoms with Gasteiger partial charge in [0, 0.05) is 37.8 Å². The molecule has 5 nitrogen and oxygen atoms in total. The predicted octanol–water partition coefficient (Wildman–Crippen LogP) is 4.82. The van der Waals surface area contributed by atoms with E-state index in [-0.39, 0.29) is 11.9 Å². The van der Waals surface area contributed by atoms with Gasteiger partial charge in [-0.3, -0.25) is 4.79 Å². The van der Waals surface area contributed by atoms with Crippen LogP contribution in [0, 0.1) is 5.92 Å². The van der Waals surface area contributed by atoms with Crippen LogP contribution in [0.25, 0.3) is 6.08 Å². The highest BCUT2D eigenvalue weighted by molar-refractivity contribution is 5.94. The third-order valence-corrected chi connectivity index (χ3v) is 6.25. The number of hydrogen-bond donors (Lipinski definition) is 1. The molecular formula is C27H33N3O2. The number of likely N-dealkylation sites (tertiary alicyclic amines) is 1. The Labute approximate surface area is 191 Å². The molecule has 4 rings (SSSR count). The summed E-state index contributed by atoms with van der Waals surface area (Å²) in [6, 6.07) is 20.1. The van der Waals surface area contributed by atoms with Crippen LogP contribution in [0.3, 0.4) is 0 Å². The quantitative estimate of drug-likeness (QED) is 0.684. The van der Waals surface area contributed by atoms with Crippen molar-refractivity contribution in [2.45, 2.75) is 38.6 Å². The van der Waals surface area contributed by atoms with Gasteiger partial charge >= 0.3 is 6.03 Å². The molecular weight excluding hydrogens is 398 g/mol. The third-order valence-electron chi connectivity index (χ3n) is 6.25. The highest BCUT2D eigenvalue weighted by Crippen LogP contribution is 2.23. The van der Waals surface area contributed by atoms with Crippen molar-refractivity contribution in [3.8, 4) is 0 Å². The van der Waals surface area contributed by atoms with Crippen LogP contribution in [0.4, 0.5) is 4.79 Å². The zero-order valence-electron chi connectivity index (χ0n) is 18.9. The minimum atomic E-state index is 0.0381. The Hall–Kier alpha value is -3.08. The van der Waals surface area contributed by atoms with Crippen molar-refractivity contribution in [2.75, 3.05) is 26.2 Å². The van der Waals surface area contributed by atoms with Crippen molar-refractivity contribution >= 4 is 18.0 Å². The lowest BCUT2D eigenvalue weighted by molar-refractivity contribution is 0.0674. The lowest BCUT2D eigenvalue weighted by atomic mass is 9.95. The zero-order valence-corrected chi connectivity index (χ0v) is 18.9. The van der Waals surface area contributed by atoms with Gasteiger partial charge in [-0.2, -0.15) is 0 Å². The van der Waals surface area contributed by atoms with Crippen LogP contribution in [0.1, 0.15) is 48.5 Å². The SMILES string of the molecule is CC(=Cc1ccccc1)CN(CC1CCN(C(=O)c2ccccc2)CC1)C(=O)NC1CC1. The van der Waals surface area contributed by atoms with Gasteiger partial charge in [-0.05, 0) is 56.2 Å². The van der Waals surface area contributed by atoms with Crippen molar-refractivity contribution in [3.05, 3.63) is 77.4 Å². The molecule has 0 spiro atoms. The Balaban J connectivity index is 1.35. The fraction of sp³-hybridized carbons (Fsp3) is 0.407. The molecule has 3 amide bonds. The lowest BCUT2D eigenvalue weighted by Gasteiger charge is -2.35. The molecule has 0 atom stereocenters. The van der Waals surface area contributed by atoms with E-state index >= 15 is 0 Å². The zero-order chi connectivity index (χ0) is 22.3. The molecule has 0 aromatic heterocycles. The van der Waals surface area contributed by atoms with Crippen molar-refractivity contribution < 1.29 is 9.59 Å². The topological polar surface area (TPSA) is 52.7 Å². The molecule has 1 saturated heterocycles. The van der Waals surface area contributed by atoms with E-state index in [9.17, 15) is 9.59 Å². The average molecular weight is 432 g/mol. The molecule has 2 aromatic rings. The average Bonchev–Trinajstić information content (AvgIpc) is 3.64. The van der Waals surface area contributed by atoms with Gasteiger partial charge in [-0.1, -0.05) is 60.2 Å². The largest absolute Gasteiger partial charge is 0.339 e. The first kappa shape index (κ1) is 22.1. The Morgan fingerprint density at radius 3 is 2.22 bits per heavy atom. The first-order chi connectivity index (χ1) is 15.6.